The van der Waals surface area contributed by atoms with Crippen LogP contribution in [0.3, 0.4) is 0 Å². The standard InChI is InChI=1S/C25H34F3N7O4S/c1-4-13-39-20-7-11-35(12-8-20)40(37,38)34-9-5-19(6-10-34)31-23-29-15-21(25(26,27)28)22(32-23)18-14-30-33(16-18)17-24(2,3)36/h1,14-16,19-20,36H,5-13,17H2,2-3H3,(H,29,31,32). The molecule has 2 aliphatic rings. The monoisotopic (exact) mass is 585 g/mol. The summed E-state index contributed by atoms with van der Waals surface area (Å²) in [5.41, 5.74) is -2.31. The second kappa shape index (κ2) is 12.0. The molecule has 0 amide bonds. The van der Waals surface area contributed by atoms with Gasteiger partial charge in [-0.1, -0.05) is 5.92 Å². The molecule has 0 aliphatic carbocycles. The largest absolute Gasteiger partial charge is 0.419 e. The van der Waals surface area contributed by atoms with E-state index in [9.17, 15) is 26.7 Å². The Labute approximate surface area is 231 Å². The maximum atomic E-state index is 13.7. The van der Waals surface area contributed by atoms with Gasteiger partial charge in [-0.25, -0.2) is 9.97 Å². The number of hydrogen-bond acceptors (Lipinski definition) is 8. The van der Waals surface area contributed by atoms with Gasteiger partial charge < -0.3 is 15.2 Å². The molecule has 0 atom stereocenters. The molecule has 0 aromatic carbocycles. The van der Waals surface area contributed by atoms with Crippen LogP contribution in [-0.2, 0) is 27.7 Å². The molecule has 2 fully saturated rings. The number of ether oxygens (including phenoxy) is 1. The minimum atomic E-state index is -4.69. The smallest absolute Gasteiger partial charge is 0.389 e. The van der Waals surface area contributed by atoms with Crippen molar-refractivity contribution in [2.75, 3.05) is 38.1 Å². The van der Waals surface area contributed by atoms with E-state index in [0.717, 1.165) is 6.20 Å². The molecule has 15 heteroatoms. The second-order valence-corrected chi connectivity index (χ2v) is 12.6. The fourth-order valence-electron chi connectivity index (χ4n) is 4.82. The van der Waals surface area contributed by atoms with E-state index in [1.54, 1.807) is 13.8 Å². The minimum absolute atomic E-state index is 0.00795. The van der Waals surface area contributed by atoms with Gasteiger partial charge in [0.1, 0.15) is 12.2 Å². The summed E-state index contributed by atoms with van der Waals surface area (Å²) in [7, 11) is -3.64. The van der Waals surface area contributed by atoms with Crippen molar-refractivity contribution in [1.82, 2.24) is 28.4 Å². The number of terminal acetylenes is 1. The molecule has 0 radical (unpaired) electrons. The minimum Gasteiger partial charge on any atom is -0.389 e. The molecule has 40 heavy (non-hydrogen) atoms. The van der Waals surface area contributed by atoms with Gasteiger partial charge in [-0.05, 0) is 39.5 Å². The number of hydrogen-bond donors (Lipinski definition) is 2. The van der Waals surface area contributed by atoms with Crippen molar-refractivity contribution < 1.29 is 31.4 Å². The van der Waals surface area contributed by atoms with E-state index in [-0.39, 0.29) is 55.6 Å². The van der Waals surface area contributed by atoms with Crippen LogP contribution in [0.5, 0.6) is 0 Å². The van der Waals surface area contributed by atoms with Crippen molar-refractivity contribution in [3.8, 4) is 23.6 Å². The third kappa shape index (κ3) is 7.49. The van der Waals surface area contributed by atoms with Gasteiger partial charge in [0.2, 0.25) is 5.95 Å². The van der Waals surface area contributed by atoms with Gasteiger partial charge in [0, 0.05) is 50.2 Å². The molecule has 4 rings (SSSR count). The number of aromatic nitrogens is 4. The van der Waals surface area contributed by atoms with E-state index in [1.165, 1.54) is 25.7 Å². The number of aliphatic hydroxyl groups is 1. The van der Waals surface area contributed by atoms with E-state index >= 15 is 0 Å². The van der Waals surface area contributed by atoms with Gasteiger partial charge >= 0.3 is 6.18 Å². The molecule has 11 nitrogen and oxygen atoms in total. The van der Waals surface area contributed by atoms with Crippen LogP contribution >= 0.6 is 0 Å². The van der Waals surface area contributed by atoms with E-state index < -0.39 is 27.6 Å². The number of piperidine rings is 2. The highest BCUT2D eigenvalue weighted by molar-refractivity contribution is 7.86. The number of halogens is 3. The third-order valence-electron chi connectivity index (χ3n) is 6.79. The van der Waals surface area contributed by atoms with Gasteiger partial charge in [-0.2, -0.15) is 35.3 Å². The van der Waals surface area contributed by atoms with Crippen LogP contribution in [0.2, 0.25) is 0 Å². The lowest BCUT2D eigenvalue weighted by Crippen LogP contribution is -2.51. The van der Waals surface area contributed by atoms with Crippen LogP contribution < -0.4 is 5.32 Å². The van der Waals surface area contributed by atoms with E-state index in [4.69, 9.17) is 11.2 Å². The van der Waals surface area contributed by atoms with Crippen LogP contribution in [-0.4, -0.2) is 92.4 Å². The van der Waals surface area contributed by atoms with Crippen molar-refractivity contribution >= 4 is 16.2 Å². The zero-order valence-electron chi connectivity index (χ0n) is 22.4. The molecule has 2 saturated heterocycles. The number of alkyl halides is 3. The first-order chi connectivity index (χ1) is 18.8. The molecule has 2 aromatic heterocycles. The zero-order chi connectivity index (χ0) is 29.1. The lowest BCUT2D eigenvalue weighted by atomic mass is 10.1. The first-order valence-electron chi connectivity index (χ1n) is 13.0. The van der Waals surface area contributed by atoms with Gasteiger partial charge in [-0.15, -0.1) is 6.42 Å². The molecule has 0 bridgehead atoms. The Kier molecular flexibility index (Phi) is 9.05. The molecule has 0 spiro atoms. The highest BCUT2D eigenvalue weighted by Gasteiger charge is 2.37. The van der Waals surface area contributed by atoms with Crippen molar-refractivity contribution in [3.05, 3.63) is 24.2 Å². The van der Waals surface area contributed by atoms with Crippen molar-refractivity contribution in [2.24, 2.45) is 0 Å². The average molecular weight is 586 g/mol. The summed E-state index contributed by atoms with van der Waals surface area (Å²) in [6, 6.07) is -0.225. The van der Waals surface area contributed by atoms with Crippen LogP contribution in [0.1, 0.15) is 45.1 Å². The Hall–Kier alpha value is -2.77. The molecule has 4 heterocycles. The fourth-order valence-corrected chi connectivity index (χ4v) is 6.49. The maximum absolute atomic E-state index is 13.7. The molecule has 0 saturated carbocycles. The molecule has 2 aliphatic heterocycles. The lowest BCUT2D eigenvalue weighted by molar-refractivity contribution is -0.137. The molecule has 0 unspecified atom stereocenters. The normalized spacial score (nSPS) is 19.0. The summed E-state index contributed by atoms with van der Waals surface area (Å²) in [5, 5.41) is 17.1. The van der Waals surface area contributed by atoms with Gasteiger partial charge in [-0.3, -0.25) is 4.68 Å². The summed E-state index contributed by atoms with van der Waals surface area (Å²) in [6.07, 6.45) is 5.88. The first kappa shape index (κ1) is 30.2. The van der Waals surface area contributed by atoms with Crippen LogP contribution in [0, 0.1) is 12.3 Å². The topological polar surface area (TPSA) is 126 Å². The summed E-state index contributed by atoms with van der Waals surface area (Å²) in [5.74, 6) is 2.43. The van der Waals surface area contributed by atoms with E-state index in [1.807, 2.05) is 0 Å². The van der Waals surface area contributed by atoms with E-state index in [2.05, 4.69) is 26.3 Å². The average Bonchev–Trinajstić information content (AvgIpc) is 3.34. The Bertz CT molecular complexity index is 1300. The lowest BCUT2D eigenvalue weighted by Gasteiger charge is -2.37. The predicted octanol–water partition coefficient (Wildman–Crippen LogP) is 2.37. The number of nitrogens with one attached hydrogen (secondary N) is 1. The second-order valence-electron chi connectivity index (χ2n) is 10.6. The summed E-state index contributed by atoms with van der Waals surface area (Å²) in [4.78, 5) is 8.05. The van der Waals surface area contributed by atoms with Crippen molar-refractivity contribution in [3.63, 3.8) is 0 Å². The molecular formula is C25H34F3N7O4S. The molecule has 2 aromatic rings. The van der Waals surface area contributed by atoms with Gasteiger partial charge in [0.05, 0.1) is 30.1 Å². The number of nitrogens with zero attached hydrogens (tertiary/aromatic N) is 6. The SMILES string of the molecule is C#CCOC1CCN(S(=O)(=O)N2CCC(Nc3ncc(C(F)(F)F)c(-c4cnn(CC(C)(C)O)c4)n3)CC2)CC1. The van der Waals surface area contributed by atoms with E-state index in [0.29, 0.717) is 38.8 Å². The van der Waals surface area contributed by atoms with Gasteiger partial charge in [0.15, 0.2) is 0 Å². The highest BCUT2D eigenvalue weighted by atomic mass is 32.2. The summed E-state index contributed by atoms with van der Waals surface area (Å²) in [6.45, 7) is 4.64. The Morgan fingerprint density at radius 1 is 1.12 bits per heavy atom. The number of rotatable bonds is 9. The first-order valence-corrected chi connectivity index (χ1v) is 14.4. The van der Waals surface area contributed by atoms with Crippen LogP contribution in [0.15, 0.2) is 18.6 Å². The van der Waals surface area contributed by atoms with Gasteiger partial charge in [0.25, 0.3) is 10.2 Å². The Balaban J connectivity index is 1.40. The fraction of sp³-hybridized carbons (Fsp3) is 0.640. The summed E-state index contributed by atoms with van der Waals surface area (Å²) >= 11 is 0. The molecule has 220 valence electrons. The highest BCUT2D eigenvalue weighted by Crippen LogP contribution is 2.36. The Morgan fingerprint density at radius 2 is 1.75 bits per heavy atom. The van der Waals surface area contributed by atoms with Crippen LogP contribution in [0.4, 0.5) is 19.1 Å². The quantitative estimate of drug-likeness (QED) is 0.430. The third-order valence-corrected chi connectivity index (χ3v) is 8.83. The number of anilines is 1. The molecular weight excluding hydrogens is 551 g/mol. The van der Waals surface area contributed by atoms with Crippen LogP contribution in [0.25, 0.3) is 11.3 Å². The Morgan fingerprint density at radius 3 is 2.33 bits per heavy atom. The summed E-state index contributed by atoms with van der Waals surface area (Å²) < 4.78 is 77.3. The molecule has 2 N–H and O–H groups in total. The maximum Gasteiger partial charge on any atom is 0.419 e. The predicted molar refractivity (Wildman–Crippen MR) is 141 cm³/mol. The van der Waals surface area contributed by atoms with Crippen molar-refractivity contribution in [2.45, 2.75) is 70.0 Å². The van der Waals surface area contributed by atoms with Crippen molar-refractivity contribution in [1.29, 1.82) is 0 Å². The zero-order valence-corrected chi connectivity index (χ0v) is 23.2.